The zero-order chi connectivity index (χ0) is 9.47. The van der Waals surface area contributed by atoms with Gasteiger partial charge in [-0.25, -0.2) is 0 Å². The Kier molecular flexibility index (Phi) is 2.17. The van der Waals surface area contributed by atoms with Crippen LogP contribution in [0.15, 0.2) is 10.2 Å². The van der Waals surface area contributed by atoms with Crippen molar-refractivity contribution in [2.75, 3.05) is 0 Å². The largest absolute Gasteiger partial charge is 0.190 e. The van der Waals surface area contributed by atoms with Crippen molar-refractivity contribution in [3.8, 4) is 0 Å². The lowest BCUT2D eigenvalue weighted by molar-refractivity contribution is 0.208. The molecule has 2 heteroatoms. The van der Waals surface area contributed by atoms with Gasteiger partial charge in [-0.05, 0) is 18.3 Å². The molecule has 13 heavy (non-hydrogen) atoms. The molecular weight excluding hydrogens is 160 g/mol. The second-order valence-corrected chi connectivity index (χ2v) is 5.56. The fourth-order valence-electron chi connectivity index (χ4n) is 2.71. The van der Waals surface area contributed by atoms with Crippen molar-refractivity contribution in [1.29, 1.82) is 0 Å². The summed E-state index contributed by atoms with van der Waals surface area (Å²) in [4.78, 5) is 0. The van der Waals surface area contributed by atoms with E-state index in [1.807, 2.05) is 0 Å². The lowest BCUT2D eigenvalue weighted by atomic mass is 9.72. The Morgan fingerprint density at radius 2 is 1.69 bits per heavy atom. The minimum absolute atomic E-state index is 0.306. The summed E-state index contributed by atoms with van der Waals surface area (Å²) < 4.78 is 0. The van der Waals surface area contributed by atoms with Gasteiger partial charge in [-0.15, -0.1) is 0 Å². The number of azo groups is 1. The van der Waals surface area contributed by atoms with Gasteiger partial charge in [0.2, 0.25) is 0 Å². The van der Waals surface area contributed by atoms with Crippen LogP contribution in [0, 0.1) is 11.3 Å². The first-order valence-electron chi connectivity index (χ1n) is 5.49. The Morgan fingerprint density at radius 3 is 2.38 bits per heavy atom. The van der Waals surface area contributed by atoms with E-state index in [4.69, 9.17) is 0 Å². The summed E-state index contributed by atoms with van der Waals surface area (Å²) in [5, 5.41) is 8.91. The highest BCUT2D eigenvalue weighted by Gasteiger charge is 2.42. The number of hydrogen-bond donors (Lipinski definition) is 0. The van der Waals surface area contributed by atoms with Crippen LogP contribution in [0.4, 0.5) is 0 Å². The molecule has 1 heterocycles. The molecule has 1 aliphatic heterocycles. The summed E-state index contributed by atoms with van der Waals surface area (Å²) in [6, 6.07) is 1.05. The van der Waals surface area contributed by atoms with E-state index in [-0.39, 0.29) is 0 Å². The molecule has 0 radical (unpaired) electrons. The highest BCUT2D eigenvalue weighted by molar-refractivity contribution is 4.97. The molecule has 2 aliphatic rings. The van der Waals surface area contributed by atoms with Gasteiger partial charge in [0.25, 0.3) is 0 Å². The number of nitrogens with zero attached hydrogens (tertiary/aromatic N) is 2. The van der Waals surface area contributed by atoms with Crippen LogP contribution in [0.5, 0.6) is 0 Å². The number of rotatable bonds is 0. The Labute approximate surface area is 80.8 Å². The van der Waals surface area contributed by atoms with Crippen molar-refractivity contribution in [3.63, 3.8) is 0 Å². The van der Waals surface area contributed by atoms with Crippen molar-refractivity contribution in [3.05, 3.63) is 0 Å². The molecular formula is C11H20N2. The normalized spacial score (nSPS) is 39.2. The molecule has 2 nitrogen and oxygen atoms in total. The molecule has 0 saturated heterocycles. The Hall–Kier alpha value is -0.400. The van der Waals surface area contributed by atoms with Crippen molar-refractivity contribution in [2.45, 2.75) is 58.5 Å². The highest BCUT2D eigenvalue weighted by atomic mass is 15.2. The average Bonchev–Trinajstić information content (AvgIpc) is 2.45. The molecule has 0 bridgehead atoms. The SMILES string of the molecule is CC(C)(C)C1N=NC2CCCCC21. The Morgan fingerprint density at radius 1 is 1.00 bits per heavy atom. The second kappa shape index (κ2) is 3.07. The van der Waals surface area contributed by atoms with Crippen LogP contribution in [-0.4, -0.2) is 12.1 Å². The predicted octanol–water partition coefficient (Wildman–Crippen LogP) is 3.43. The Bertz CT molecular complexity index is 215. The lowest BCUT2D eigenvalue weighted by Gasteiger charge is -2.33. The third-order valence-electron chi connectivity index (χ3n) is 3.41. The van der Waals surface area contributed by atoms with Crippen molar-refractivity contribution in [1.82, 2.24) is 0 Å². The predicted molar refractivity (Wildman–Crippen MR) is 53.8 cm³/mol. The van der Waals surface area contributed by atoms with Crippen LogP contribution in [0.1, 0.15) is 46.5 Å². The number of hydrogen-bond acceptors (Lipinski definition) is 2. The van der Waals surface area contributed by atoms with E-state index in [9.17, 15) is 0 Å². The molecule has 1 saturated carbocycles. The molecule has 0 amide bonds. The summed E-state index contributed by atoms with van der Waals surface area (Å²) in [6.07, 6.45) is 5.37. The van der Waals surface area contributed by atoms with Gasteiger partial charge >= 0.3 is 0 Å². The van der Waals surface area contributed by atoms with Crippen LogP contribution in [0.25, 0.3) is 0 Å². The second-order valence-electron chi connectivity index (χ2n) is 5.56. The van der Waals surface area contributed by atoms with E-state index < -0.39 is 0 Å². The fraction of sp³-hybridized carbons (Fsp3) is 1.00. The summed E-state index contributed by atoms with van der Waals surface area (Å²) in [6.45, 7) is 6.86. The van der Waals surface area contributed by atoms with Crippen molar-refractivity contribution in [2.24, 2.45) is 21.6 Å². The average molecular weight is 180 g/mol. The summed E-state index contributed by atoms with van der Waals surface area (Å²) in [5.41, 5.74) is 0.306. The van der Waals surface area contributed by atoms with E-state index >= 15 is 0 Å². The highest BCUT2D eigenvalue weighted by Crippen LogP contribution is 2.42. The molecule has 2 rings (SSSR count). The first-order valence-corrected chi connectivity index (χ1v) is 5.49. The summed E-state index contributed by atoms with van der Waals surface area (Å²) >= 11 is 0. The molecule has 0 N–H and O–H groups in total. The standard InChI is InChI=1S/C11H20N2/c1-11(2,3)10-8-6-4-5-7-9(8)12-13-10/h8-10H,4-7H2,1-3H3. The van der Waals surface area contributed by atoms with Gasteiger partial charge < -0.3 is 0 Å². The zero-order valence-electron chi connectivity index (χ0n) is 8.95. The minimum Gasteiger partial charge on any atom is -0.190 e. The van der Waals surface area contributed by atoms with E-state index in [1.165, 1.54) is 25.7 Å². The molecule has 74 valence electrons. The molecule has 1 fully saturated rings. The van der Waals surface area contributed by atoms with Gasteiger partial charge in [0.05, 0.1) is 12.1 Å². The van der Waals surface area contributed by atoms with E-state index in [0.717, 1.165) is 5.92 Å². The van der Waals surface area contributed by atoms with Crippen molar-refractivity contribution >= 4 is 0 Å². The van der Waals surface area contributed by atoms with Gasteiger partial charge in [0.1, 0.15) is 0 Å². The third-order valence-corrected chi connectivity index (χ3v) is 3.41. The first kappa shape index (κ1) is 9.17. The molecule has 3 unspecified atom stereocenters. The van der Waals surface area contributed by atoms with Gasteiger partial charge in [0.15, 0.2) is 0 Å². The van der Waals surface area contributed by atoms with Crippen LogP contribution < -0.4 is 0 Å². The fourth-order valence-corrected chi connectivity index (χ4v) is 2.71. The smallest absolute Gasteiger partial charge is 0.0805 e. The summed E-state index contributed by atoms with van der Waals surface area (Å²) in [7, 11) is 0. The van der Waals surface area contributed by atoms with Gasteiger partial charge in [0, 0.05) is 5.92 Å². The van der Waals surface area contributed by atoms with E-state index in [2.05, 4.69) is 31.0 Å². The van der Waals surface area contributed by atoms with Crippen LogP contribution in [-0.2, 0) is 0 Å². The molecule has 0 aromatic carbocycles. The van der Waals surface area contributed by atoms with Crippen LogP contribution in [0.2, 0.25) is 0 Å². The summed E-state index contributed by atoms with van der Waals surface area (Å²) in [5.74, 6) is 0.758. The quantitative estimate of drug-likeness (QED) is 0.545. The Balaban J connectivity index is 2.11. The lowest BCUT2D eigenvalue weighted by Crippen LogP contribution is -2.35. The topological polar surface area (TPSA) is 24.7 Å². The third kappa shape index (κ3) is 1.63. The van der Waals surface area contributed by atoms with Crippen LogP contribution in [0.3, 0.4) is 0 Å². The zero-order valence-corrected chi connectivity index (χ0v) is 8.95. The molecule has 0 aromatic rings. The van der Waals surface area contributed by atoms with E-state index in [0.29, 0.717) is 17.5 Å². The molecule has 0 aromatic heterocycles. The molecule has 3 atom stereocenters. The number of fused-ring (bicyclic) bond motifs is 1. The maximum atomic E-state index is 4.48. The van der Waals surface area contributed by atoms with E-state index in [1.54, 1.807) is 0 Å². The van der Waals surface area contributed by atoms with Gasteiger partial charge in [-0.2, -0.15) is 10.2 Å². The maximum absolute atomic E-state index is 4.48. The first-order chi connectivity index (χ1) is 6.09. The minimum atomic E-state index is 0.306. The molecule has 0 spiro atoms. The maximum Gasteiger partial charge on any atom is 0.0805 e. The van der Waals surface area contributed by atoms with Gasteiger partial charge in [-0.3, -0.25) is 0 Å². The van der Waals surface area contributed by atoms with Crippen LogP contribution >= 0.6 is 0 Å². The monoisotopic (exact) mass is 180 g/mol. The molecule has 1 aliphatic carbocycles. The van der Waals surface area contributed by atoms with Crippen molar-refractivity contribution < 1.29 is 0 Å². The van der Waals surface area contributed by atoms with Gasteiger partial charge in [-0.1, -0.05) is 33.6 Å².